The van der Waals surface area contributed by atoms with Gasteiger partial charge in [-0.05, 0) is 42.5 Å². The smallest absolute Gasteiger partial charge is 0.336 e. The lowest BCUT2D eigenvalue weighted by Gasteiger charge is -1.98. The molecule has 3 rings (SSSR count). The highest BCUT2D eigenvalue weighted by molar-refractivity contribution is 6.02. The molecule has 0 bridgehead atoms. The van der Waals surface area contributed by atoms with Gasteiger partial charge in [0.05, 0.1) is 33.4 Å². The van der Waals surface area contributed by atoms with Crippen LogP contribution in [0.2, 0.25) is 0 Å². The third kappa shape index (κ3) is 8.44. The van der Waals surface area contributed by atoms with Crippen LogP contribution in [-0.2, 0) is 0 Å². The van der Waals surface area contributed by atoms with Crippen molar-refractivity contribution in [1.82, 2.24) is 0 Å². The molecule has 0 amide bonds. The average Bonchev–Trinajstić information content (AvgIpc) is 2.84. The molecule has 0 fully saturated rings. The van der Waals surface area contributed by atoms with Crippen molar-refractivity contribution >= 4 is 35.8 Å². The minimum Gasteiger partial charge on any atom is -0.478 e. The van der Waals surface area contributed by atoms with E-state index in [1.165, 1.54) is 66.7 Å². The van der Waals surface area contributed by atoms with E-state index in [0.717, 1.165) is 6.07 Å². The highest BCUT2D eigenvalue weighted by Gasteiger charge is 2.14. The van der Waals surface area contributed by atoms with E-state index in [9.17, 15) is 28.8 Å². The zero-order chi connectivity index (χ0) is 27.4. The van der Waals surface area contributed by atoms with Gasteiger partial charge in [-0.2, -0.15) is 0 Å². The third-order valence-electron chi connectivity index (χ3n) is 4.13. The Bertz CT molecular complexity index is 1150. The first-order chi connectivity index (χ1) is 16.9. The van der Waals surface area contributed by atoms with Gasteiger partial charge in [0.25, 0.3) is 0 Å². The maximum Gasteiger partial charge on any atom is 0.336 e. The summed E-state index contributed by atoms with van der Waals surface area (Å²) in [6.07, 6.45) is 0. The summed E-state index contributed by atoms with van der Waals surface area (Å²) in [7, 11) is 0. The summed E-state index contributed by atoms with van der Waals surface area (Å²) in [6.45, 7) is 0. The minimum atomic E-state index is -1.23. The van der Waals surface area contributed by atoms with E-state index in [1.54, 1.807) is 0 Å². The van der Waals surface area contributed by atoms with E-state index in [4.69, 9.17) is 30.6 Å². The quantitative estimate of drug-likeness (QED) is 0.288. The van der Waals surface area contributed by atoms with Crippen molar-refractivity contribution in [2.45, 2.75) is 0 Å². The molecule has 0 heterocycles. The molecule has 36 heavy (non-hydrogen) atoms. The third-order valence-corrected chi connectivity index (χ3v) is 4.13. The molecule has 0 aliphatic heterocycles. The standard InChI is InChI=1S/3C8H6O4/c9-7(10)5-2-1-3-6(4-5)8(11)12;2*9-7(10)5-3-1-2-4-6(5)8(11)12/h3*1-4H,(H,9,10)(H,11,12). The first-order valence-electron chi connectivity index (χ1n) is 9.54. The minimum absolute atomic E-state index is 0.0186. The highest BCUT2D eigenvalue weighted by atomic mass is 16.4. The summed E-state index contributed by atoms with van der Waals surface area (Å²) in [5, 5.41) is 51.2. The van der Waals surface area contributed by atoms with Crippen molar-refractivity contribution < 1.29 is 59.4 Å². The van der Waals surface area contributed by atoms with Crippen molar-refractivity contribution in [1.29, 1.82) is 0 Å². The Morgan fingerprint density at radius 1 is 0.361 bits per heavy atom. The number of carbonyl (C=O) groups is 6. The van der Waals surface area contributed by atoms with Crippen LogP contribution in [0.25, 0.3) is 0 Å². The van der Waals surface area contributed by atoms with Crippen LogP contribution < -0.4 is 0 Å². The van der Waals surface area contributed by atoms with Gasteiger partial charge in [-0.1, -0.05) is 30.3 Å². The van der Waals surface area contributed by atoms with Crippen molar-refractivity contribution in [3.05, 3.63) is 106 Å². The molecular weight excluding hydrogens is 480 g/mol. The van der Waals surface area contributed by atoms with Gasteiger partial charge < -0.3 is 30.6 Å². The van der Waals surface area contributed by atoms with Crippen LogP contribution in [0.3, 0.4) is 0 Å². The normalized spacial score (nSPS) is 9.33. The highest BCUT2D eigenvalue weighted by Crippen LogP contribution is 2.09. The molecule has 3 aromatic carbocycles. The molecule has 0 aromatic heterocycles. The molecule has 0 atom stereocenters. The number of hydrogen-bond acceptors (Lipinski definition) is 6. The second kappa shape index (κ2) is 13.3. The SMILES string of the molecule is O=C(O)c1cccc(C(=O)O)c1.O=C(O)c1ccccc1C(=O)O.O=C(O)c1ccccc1C(=O)O. The van der Waals surface area contributed by atoms with Gasteiger partial charge in [0, 0.05) is 0 Å². The molecular formula is C24H18O12. The molecule has 0 unspecified atom stereocenters. The topological polar surface area (TPSA) is 224 Å². The maximum atomic E-state index is 10.5. The Hall–Kier alpha value is -5.52. The fourth-order valence-corrected chi connectivity index (χ4v) is 2.50. The average molecular weight is 498 g/mol. The number of carboxylic acid groups (broad SMARTS) is 6. The molecule has 186 valence electrons. The van der Waals surface area contributed by atoms with Gasteiger partial charge in [0.2, 0.25) is 0 Å². The van der Waals surface area contributed by atoms with Crippen LogP contribution in [0.5, 0.6) is 0 Å². The van der Waals surface area contributed by atoms with E-state index in [1.807, 2.05) is 0 Å². The fourth-order valence-electron chi connectivity index (χ4n) is 2.50. The molecule has 3 aromatic rings. The number of aromatic carboxylic acids is 6. The zero-order valence-corrected chi connectivity index (χ0v) is 18.1. The second-order valence-corrected chi connectivity index (χ2v) is 6.50. The maximum absolute atomic E-state index is 10.5. The Balaban J connectivity index is 0.000000270. The fraction of sp³-hybridized carbons (Fsp3) is 0. The summed E-state index contributed by atoms with van der Waals surface area (Å²) >= 11 is 0. The number of carboxylic acids is 6. The van der Waals surface area contributed by atoms with Gasteiger partial charge in [-0.25, -0.2) is 28.8 Å². The van der Waals surface area contributed by atoms with Crippen molar-refractivity contribution in [2.75, 3.05) is 0 Å². The molecule has 0 saturated heterocycles. The summed E-state index contributed by atoms with van der Waals surface area (Å²) in [5.41, 5.74) is -0.796. The van der Waals surface area contributed by atoms with Gasteiger partial charge in [0.1, 0.15) is 0 Å². The lowest BCUT2D eigenvalue weighted by Crippen LogP contribution is -2.06. The molecule has 12 heteroatoms. The van der Waals surface area contributed by atoms with Gasteiger partial charge >= 0.3 is 35.8 Å². The van der Waals surface area contributed by atoms with Gasteiger partial charge in [-0.15, -0.1) is 0 Å². The Kier molecular flexibility index (Phi) is 10.5. The van der Waals surface area contributed by atoms with Crippen molar-refractivity contribution in [3.63, 3.8) is 0 Å². The predicted molar refractivity (Wildman–Crippen MR) is 121 cm³/mol. The Morgan fingerprint density at radius 3 is 0.806 bits per heavy atom. The molecule has 0 spiro atoms. The molecule has 0 aliphatic rings. The van der Waals surface area contributed by atoms with Crippen LogP contribution in [0.1, 0.15) is 62.1 Å². The van der Waals surface area contributed by atoms with Crippen molar-refractivity contribution in [3.8, 4) is 0 Å². The van der Waals surface area contributed by atoms with E-state index in [2.05, 4.69) is 0 Å². The van der Waals surface area contributed by atoms with Gasteiger partial charge in [-0.3, -0.25) is 0 Å². The lowest BCUT2D eigenvalue weighted by atomic mass is 10.1. The monoisotopic (exact) mass is 498 g/mol. The summed E-state index contributed by atoms with van der Waals surface area (Å²) in [5.74, 6) is -7.17. The first kappa shape index (κ1) is 28.5. The van der Waals surface area contributed by atoms with Crippen LogP contribution in [0.4, 0.5) is 0 Å². The molecule has 6 N–H and O–H groups in total. The number of hydrogen-bond donors (Lipinski definition) is 6. The van der Waals surface area contributed by atoms with Crippen LogP contribution in [0.15, 0.2) is 72.8 Å². The second-order valence-electron chi connectivity index (χ2n) is 6.50. The number of rotatable bonds is 6. The largest absolute Gasteiger partial charge is 0.478 e. The van der Waals surface area contributed by atoms with Crippen molar-refractivity contribution in [2.24, 2.45) is 0 Å². The zero-order valence-electron chi connectivity index (χ0n) is 18.1. The van der Waals surface area contributed by atoms with E-state index >= 15 is 0 Å². The van der Waals surface area contributed by atoms with Crippen LogP contribution >= 0.6 is 0 Å². The van der Waals surface area contributed by atoms with Crippen LogP contribution in [0, 0.1) is 0 Å². The molecule has 0 radical (unpaired) electrons. The summed E-state index contributed by atoms with van der Waals surface area (Å²) in [6, 6.07) is 16.1. The Labute approximate surface area is 201 Å². The molecule has 0 saturated carbocycles. The Morgan fingerprint density at radius 2 is 0.611 bits per heavy atom. The van der Waals surface area contributed by atoms with E-state index in [0.29, 0.717) is 0 Å². The van der Waals surface area contributed by atoms with Gasteiger partial charge in [0.15, 0.2) is 0 Å². The predicted octanol–water partition coefficient (Wildman–Crippen LogP) is 3.25. The summed E-state index contributed by atoms with van der Waals surface area (Å²) < 4.78 is 0. The molecule has 12 nitrogen and oxygen atoms in total. The van der Waals surface area contributed by atoms with E-state index in [-0.39, 0.29) is 33.4 Å². The van der Waals surface area contributed by atoms with Crippen LogP contribution in [-0.4, -0.2) is 66.5 Å². The number of benzene rings is 3. The van der Waals surface area contributed by atoms with E-state index < -0.39 is 35.8 Å². The first-order valence-corrected chi connectivity index (χ1v) is 9.54. The lowest BCUT2D eigenvalue weighted by molar-refractivity contribution is 0.0651. The molecule has 0 aliphatic carbocycles. The summed E-state index contributed by atoms with van der Waals surface area (Å²) in [4.78, 5) is 62.6.